The Morgan fingerprint density at radius 3 is 2.67 bits per heavy atom. The van der Waals surface area contributed by atoms with Crippen molar-refractivity contribution in [1.29, 1.82) is 0 Å². The Labute approximate surface area is 159 Å². The fraction of sp³-hybridized carbons (Fsp3) is 0.318. The zero-order chi connectivity index (χ0) is 18.6. The van der Waals surface area contributed by atoms with Crippen LogP contribution in [0.15, 0.2) is 60.8 Å². The van der Waals surface area contributed by atoms with Gasteiger partial charge in [0, 0.05) is 49.2 Å². The number of anilines is 1. The molecular formula is C22H25FN4. The molecule has 27 heavy (non-hydrogen) atoms. The third-order valence-electron chi connectivity index (χ3n) is 5.07. The maximum atomic E-state index is 13.1. The van der Waals surface area contributed by atoms with Crippen LogP contribution in [0.2, 0.25) is 0 Å². The van der Waals surface area contributed by atoms with Gasteiger partial charge < -0.3 is 5.32 Å². The van der Waals surface area contributed by atoms with Gasteiger partial charge in [-0.2, -0.15) is 5.10 Å². The average Bonchev–Trinajstić information content (AvgIpc) is 3.05. The summed E-state index contributed by atoms with van der Waals surface area (Å²) in [5.74, 6) is -0.198. The Kier molecular flexibility index (Phi) is 5.21. The summed E-state index contributed by atoms with van der Waals surface area (Å²) in [6.45, 7) is 2.95. The van der Waals surface area contributed by atoms with Crippen molar-refractivity contribution in [3.63, 3.8) is 0 Å². The van der Waals surface area contributed by atoms with Gasteiger partial charge in [0.2, 0.25) is 0 Å². The number of aryl methyl sites for hydroxylation is 1. The Morgan fingerprint density at radius 1 is 1.11 bits per heavy atom. The van der Waals surface area contributed by atoms with Crippen LogP contribution in [0.1, 0.15) is 18.4 Å². The number of nitrogens with one attached hydrogen (secondary N) is 1. The van der Waals surface area contributed by atoms with Gasteiger partial charge in [-0.3, -0.25) is 9.58 Å². The van der Waals surface area contributed by atoms with Gasteiger partial charge in [-0.25, -0.2) is 4.39 Å². The fourth-order valence-electron chi connectivity index (χ4n) is 3.83. The summed E-state index contributed by atoms with van der Waals surface area (Å²) in [5, 5.41) is 8.23. The van der Waals surface area contributed by atoms with E-state index in [0.717, 1.165) is 49.4 Å². The maximum absolute atomic E-state index is 13.1. The highest BCUT2D eigenvalue weighted by Crippen LogP contribution is 2.25. The summed E-state index contributed by atoms with van der Waals surface area (Å²) >= 11 is 0. The highest BCUT2D eigenvalue weighted by molar-refractivity contribution is 5.62. The first-order valence-electron chi connectivity index (χ1n) is 9.50. The molecule has 1 saturated heterocycles. The summed E-state index contributed by atoms with van der Waals surface area (Å²) in [6.07, 6.45) is 4.41. The normalized spacial score (nSPS) is 17.8. The van der Waals surface area contributed by atoms with Gasteiger partial charge >= 0.3 is 0 Å². The molecule has 0 amide bonds. The van der Waals surface area contributed by atoms with Gasteiger partial charge in [0.15, 0.2) is 0 Å². The first kappa shape index (κ1) is 17.7. The van der Waals surface area contributed by atoms with Crippen LogP contribution in [0.3, 0.4) is 0 Å². The van der Waals surface area contributed by atoms with E-state index in [9.17, 15) is 4.39 Å². The number of halogens is 1. The van der Waals surface area contributed by atoms with Crippen molar-refractivity contribution in [1.82, 2.24) is 14.7 Å². The zero-order valence-corrected chi connectivity index (χ0v) is 15.6. The highest BCUT2D eigenvalue weighted by atomic mass is 19.1. The molecule has 1 aromatic heterocycles. The lowest BCUT2D eigenvalue weighted by Crippen LogP contribution is -2.41. The molecule has 0 radical (unpaired) electrons. The standard InChI is InChI=1S/C22H25FN4/c1-26-14-18(22(25-26)17-6-3-2-4-7-17)15-27-13-5-8-21(16-27)24-20-11-9-19(23)10-12-20/h2-4,6-7,9-12,14,21,24H,5,8,13,15-16H2,1H3/t21-/m0/s1. The SMILES string of the molecule is Cn1cc(CN2CCC[C@H](Nc3ccc(F)cc3)C2)c(-c2ccccc2)n1. The molecule has 0 aliphatic carbocycles. The van der Waals surface area contributed by atoms with E-state index < -0.39 is 0 Å². The largest absolute Gasteiger partial charge is 0.381 e. The van der Waals surface area contributed by atoms with Crippen LogP contribution < -0.4 is 5.32 Å². The van der Waals surface area contributed by atoms with Crippen molar-refractivity contribution in [2.45, 2.75) is 25.4 Å². The second-order valence-corrected chi connectivity index (χ2v) is 7.27. The second-order valence-electron chi connectivity index (χ2n) is 7.27. The van der Waals surface area contributed by atoms with E-state index >= 15 is 0 Å². The van der Waals surface area contributed by atoms with Gasteiger partial charge in [0.25, 0.3) is 0 Å². The second kappa shape index (κ2) is 7.92. The molecule has 2 aromatic carbocycles. The monoisotopic (exact) mass is 364 g/mol. The van der Waals surface area contributed by atoms with Crippen molar-refractivity contribution in [3.05, 3.63) is 72.2 Å². The predicted octanol–water partition coefficient (Wildman–Crippen LogP) is 4.30. The van der Waals surface area contributed by atoms with Crippen molar-refractivity contribution in [3.8, 4) is 11.3 Å². The smallest absolute Gasteiger partial charge is 0.123 e. The van der Waals surface area contributed by atoms with Crippen LogP contribution in [-0.2, 0) is 13.6 Å². The van der Waals surface area contributed by atoms with E-state index in [4.69, 9.17) is 0 Å². The van der Waals surface area contributed by atoms with Gasteiger partial charge in [-0.05, 0) is 43.7 Å². The Balaban J connectivity index is 1.45. The molecule has 1 aliphatic heterocycles. The molecule has 5 heteroatoms. The molecule has 4 nitrogen and oxygen atoms in total. The lowest BCUT2D eigenvalue weighted by Gasteiger charge is -2.33. The predicted molar refractivity (Wildman–Crippen MR) is 107 cm³/mol. The van der Waals surface area contributed by atoms with E-state index in [2.05, 4.69) is 45.8 Å². The Bertz CT molecular complexity index is 873. The van der Waals surface area contributed by atoms with Gasteiger partial charge in [-0.15, -0.1) is 0 Å². The van der Waals surface area contributed by atoms with E-state index in [1.54, 1.807) is 0 Å². The van der Waals surface area contributed by atoms with E-state index in [0.29, 0.717) is 6.04 Å². The van der Waals surface area contributed by atoms with Crippen molar-refractivity contribution in [2.24, 2.45) is 7.05 Å². The quantitative estimate of drug-likeness (QED) is 0.733. The minimum Gasteiger partial charge on any atom is -0.381 e. The van der Waals surface area contributed by atoms with E-state index in [1.807, 2.05) is 29.9 Å². The van der Waals surface area contributed by atoms with E-state index in [1.165, 1.54) is 17.7 Å². The molecule has 0 bridgehead atoms. The number of aromatic nitrogens is 2. The third kappa shape index (κ3) is 4.37. The fourth-order valence-corrected chi connectivity index (χ4v) is 3.83. The molecule has 0 unspecified atom stereocenters. The molecule has 0 saturated carbocycles. The Hall–Kier alpha value is -2.66. The molecule has 1 aliphatic rings. The van der Waals surface area contributed by atoms with Crippen LogP contribution in [0.5, 0.6) is 0 Å². The van der Waals surface area contributed by atoms with Crippen LogP contribution in [-0.4, -0.2) is 33.8 Å². The number of likely N-dealkylation sites (tertiary alicyclic amines) is 1. The van der Waals surface area contributed by atoms with E-state index in [-0.39, 0.29) is 5.82 Å². The molecule has 140 valence electrons. The van der Waals surface area contributed by atoms with Crippen molar-refractivity contribution >= 4 is 5.69 Å². The number of hydrogen-bond donors (Lipinski definition) is 1. The maximum Gasteiger partial charge on any atom is 0.123 e. The van der Waals surface area contributed by atoms with Crippen LogP contribution in [0.4, 0.5) is 10.1 Å². The van der Waals surface area contributed by atoms with Gasteiger partial charge in [-0.1, -0.05) is 30.3 Å². The summed E-state index contributed by atoms with van der Waals surface area (Å²) < 4.78 is 15.0. The number of benzene rings is 2. The minimum absolute atomic E-state index is 0.198. The molecule has 1 N–H and O–H groups in total. The molecule has 1 fully saturated rings. The number of rotatable bonds is 5. The van der Waals surface area contributed by atoms with Gasteiger partial charge in [0.1, 0.15) is 5.82 Å². The number of hydrogen-bond acceptors (Lipinski definition) is 3. The molecule has 1 atom stereocenters. The summed E-state index contributed by atoms with van der Waals surface area (Å²) in [5.41, 5.74) is 4.46. The van der Waals surface area contributed by atoms with Crippen molar-refractivity contribution in [2.75, 3.05) is 18.4 Å². The number of piperidine rings is 1. The van der Waals surface area contributed by atoms with Crippen molar-refractivity contribution < 1.29 is 4.39 Å². The summed E-state index contributed by atoms with van der Waals surface area (Å²) in [6, 6.07) is 17.4. The average molecular weight is 364 g/mol. The molecule has 3 aromatic rings. The molecule has 0 spiro atoms. The number of nitrogens with zero attached hydrogens (tertiary/aromatic N) is 3. The Morgan fingerprint density at radius 2 is 1.89 bits per heavy atom. The lowest BCUT2D eigenvalue weighted by atomic mass is 10.0. The third-order valence-corrected chi connectivity index (χ3v) is 5.07. The van der Waals surface area contributed by atoms with Crippen LogP contribution in [0.25, 0.3) is 11.3 Å². The zero-order valence-electron chi connectivity index (χ0n) is 15.6. The summed E-state index contributed by atoms with van der Waals surface area (Å²) in [4.78, 5) is 2.48. The van der Waals surface area contributed by atoms with Crippen LogP contribution >= 0.6 is 0 Å². The highest BCUT2D eigenvalue weighted by Gasteiger charge is 2.22. The molecule has 4 rings (SSSR count). The first-order chi connectivity index (χ1) is 13.2. The van der Waals surface area contributed by atoms with Gasteiger partial charge in [0.05, 0.1) is 5.69 Å². The topological polar surface area (TPSA) is 33.1 Å². The van der Waals surface area contributed by atoms with Crippen LogP contribution in [0, 0.1) is 5.82 Å². The summed E-state index contributed by atoms with van der Waals surface area (Å²) in [7, 11) is 1.98. The molecule has 2 heterocycles. The molecular weight excluding hydrogens is 339 g/mol. The lowest BCUT2D eigenvalue weighted by molar-refractivity contribution is 0.209. The minimum atomic E-state index is -0.198. The first-order valence-corrected chi connectivity index (χ1v) is 9.50.